The van der Waals surface area contributed by atoms with Crippen molar-refractivity contribution in [3.63, 3.8) is 0 Å². The predicted molar refractivity (Wildman–Crippen MR) is 138 cm³/mol. The molecule has 1 heterocycles. The van der Waals surface area contributed by atoms with Gasteiger partial charge in [-0.05, 0) is 48.2 Å². The zero-order chi connectivity index (χ0) is 27.5. The molecular formula is C26H28Cl2FN3O5. The lowest BCUT2D eigenvalue weighted by Gasteiger charge is -2.36. The molecule has 1 aromatic heterocycles. The summed E-state index contributed by atoms with van der Waals surface area (Å²) in [6.45, 7) is 7.08. The molecule has 0 unspecified atom stereocenters. The van der Waals surface area contributed by atoms with Crippen LogP contribution in [0.15, 0.2) is 48.5 Å². The van der Waals surface area contributed by atoms with Crippen LogP contribution < -0.4 is 10.1 Å². The number of carbonyl (C=O) groups excluding carboxylic acids is 1. The summed E-state index contributed by atoms with van der Waals surface area (Å²) in [6.07, 6.45) is -0.456. The average Bonchev–Trinajstić information content (AvgIpc) is 3.23. The highest BCUT2D eigenvalue weighted by Gasteiger charge is 2.36. The molecule has 3 N–H and O–H groups in total. The number of hydrogen-bond acceptors (Lipinski definition) is 5. The lowest BCUT2D eigenvalue weighted by atomic mass is 9.78. The molecule has 0 saturated carbocycles. The van der Waals surface area contributed by atoms with Gasteiger partial charge in [0.1, 0.15) is 18.0 Å². The van der Waals surface area contributed by atoms with Gasteiger partial charge in [0.2, 0.25) is 5.88 Å². The minimum atomic E-state index is -1.23. The molecular weight excluding hydrogens is 524 g/mol. The van der Waals surface area contributed by atoms with Crippen molar-refractivity contribution in [3.05, 3.63) is 75.7 Å². The van der Waals surface area contributed by atoms with Gasteiger partial charge in [-0.2, -0.15) is 5.10 Å². The first kappa shape index (κ1) is 28.4. The number of rotatable bonds is 9. The number of benzene rings is 2. The van der Waals surface area contributed by atoms with Crippen molar-refractivity contribution in [3.8, 4) is 11.6 Å². The first-order chi connectivity index (χ1) is 17.2. The Morgan fingerprint density at radius 1 is 1.14 bits per heavy atom. The maximum Gasteiger partial charge on any atom is 0.305 e. The van der Waals surface area contributed by atoms with Gasteiger partial charge in [-0.3, -0.25) is 9.59 Å². The zero-order valence-corrected chi connectivity index (χ0v) is 22.3. The number of halogens is 3. The van der Waals surface area contributed by atoms with Crippen molar-refractivity contribution in [1.82, 2.24) is 15.1 Å². The monoisotopic (exact) mass is 551 g/mol. The summed E-state index contributed by atoms with van der Waals surface area (Å²) in [5, 5.41) is 27.5. The van der Waals surface area contributed by atoms with Crippen molar-refractivity contribution in [2.45, 2.75) is 45.8 Å². The van der Waals surface area contributed by atoms with Crippen LogP contribution in [-0.2, 0) is 4.79 Å². The van der Waals surface area contributed by atoms with Crippen LogP contribution in [0.5, 0.6) is 5.88 Å². The van der Waals surface area contributed by atoms with Crippen molar-refractivity contribution in [2.75, 3.05) is 6.61 Å². The van der Waals surface area contributed by atoms with Crippen molar-refractivity contribution in [1.29, 1.82) is 0 Å². The Bertz CT molecular complexity index is 1290. The summed E-state index contributed by atoms with van der Waals surface area (Å²) in [4.78, 5) is 24.7. The van der Waals surface area contributed by atoms with E-state index in [0.29, 0.717) is 11.3 Å². The highest BCUT2D eigenvalue weighted by Crippen LogP contribution is 2.33. The molecule has 3 aromatic rings. The Hall–Kier alpha value is -3.14. The lowest BCUT2D eigenvalue weighted by molar-refractivity contribution is -0.137. The molecule has 0 aliphatic carbocycles. The number of aliphatic hydroxyl groups is 1. The maximum absolute atomic E-state index is 13.5. The summed E-state index contributed by atoms with van der Waals surface area (Å²) in [6, 6.07) is 10.4. The molecule has 0 bridgehead atoms. The van der Waals surface area contributed by atoms with Crippen LogP contribution in [0.25, 0.3) is 5.69 Å². The van der Waals surface area contributed by atoms with E-state index < -0.39 is 41.2 Å². The third kappa shape index (κ3) is 6.80. The molecule has 0 radical (unpaired) electrons. The van der Waals surface area contributed by atoms with Gasteiger partial charge < -0.3 is 20.3 Å². The zero-order valence-electron chi connectivity index (χ0n) is 20.8. The van der Waals surface area contributed by atoms with Crippen molar-refractivity contribution >= 4 is 35.1 Å². The molecule has 2 aromatic carbocycles. The van der Waals surface area contributed by atoms with E-state index in [9.17, 15) is 24.2 Å². The van der Waals surface area contributed by atoms with E-state index in [1.165, 1.54) is 35.0 Å². The van der Waals surface area contributed by atoms with Crippen LogP contribution >= 0.6 is 23.2 Å². The SMILES string of the molecule is CC(C)(C)[C@](C)(O)COc1cc(C(=O)N[C@@H](CC(=O)O)c2cccc(Cl)c2Cl)nn1-c1ccc(F)cc1. The minimum Gasteiger partial charge on any atom is -0.481 e. The summed E-state index contributed by atoms with van der Waals surface area (Å²) >= 11 is 12.4. The van der Waals surface area contributed by atoms with Gasteiger partial charge in [-0.15, -0.1) is 0 Å². The van der Waals surface area contributed by atoms with E-state index in [4.69, 9.17) is 27.9 Å². The number of aromatic nitrogens is 2. The maximum atomic E-state index is 13.5. The minimum absolute atomic E-state index is 0.0942. The third-order valence-corrected chi connectivity index (χ3v) is 6.97. The van der Waals surface area contributed by atoms with E-state index >= 15 is 0 Å². The first-order valence-electron chi connectivity index (χ1n) is 11.4. The Morgan fingerprint density at radius 3 is 2.38 bits per heavy atom. The Labute approximate surface area is 224 Å². The van der Waals surface area contributed by atoms with Crippen LogP contribution in [0.3, 0.4) is 0 Å². The fourth-order valence-electron chi connectivity index (χ4n) is 3.21. The van der Waals surface area contributed by atoms with Gasteiger partial charge in [0.05, 0.1) is 28.2 Å². The molecule has 2 atom stereocenters. The number of nitrogens with zero attached hydrogens (tertiary/aromatic N) is 2. The van der Waals surface area contributed by atoms with Gasteiger partial charge in [0, 0.05) is 6.07 Å². The van der Waals surface area contributed by atoms with Crippen LogP contribution in [0.2, 0.25) is 10.0 Å². The van der Waals surface area contributed by atoms with E-state index in [0.717, 1.165) is 0 Å². The first-order valence-corrected chi connectivity index (χ1v) is 12.1. The van der Waals surface area contributed by atoms with Crippen molar-refractivity contribution in [2.24, 2.45) is 5.41 Å². The molecule has 1 amide bonds. The van der Waals surface area contributed by atoms with E-state index in [-0.39, 0.29) is 28.2 Å². The van der Waals surface area contributed by atoms with E-state index in [1.807, 2.05) is 20.8 Å². The molecule has 8 nitrogen and oxygen atoms in total. The highest BCUT2D eigenvalue weighted by molar-refractivity contribution is 6.42. The molecule has 37 heavy (non-hydrogen) atoms. The Kier molecular flexibility index (Phi) is 8.52. The van der Waals surface area contributed by atoms with Crippen LogP contribution in [0, 0.1) is 11.2 Å². The van der Waals surface area contributed by atoms with E-state index in [2.05, 4.69) is 10.4 Å². The number of carboxylic acid groups (broad SMARTS) is 1. The fourth-order valence-corrected chi connectivity index (χ4v) is 3.65. The average molecular weight is 552 g/mol. The lowest BCUT2D eigenvalue weighted by Crippen LogP contribution is -2.45. The molecule has 3 rings (SSSR count). The van der Waals surface area contributed by atoms with Gasteiger partial charge in [0.15, 0.2) is 5.69 Å². The second kappa shape index (κ2) is 11.1. The Balaban J connectivity index is 1.96. The van der Waals surface area contributed by atoms with Crippen molar-refractivity contribution < 1.29 is 28.9 Å². The normalized spacial score (nSPS) is 14.1. The second-order valence-electron chi connectivity index (χ2n) is 9.84. The molecule has 0 aliphatic heterocycles. The topological polar surface area (TPSA) is 114 Å². The third-order valence-electron chi connectivity index (χ3n) is 6.14. The number of hydrogen-bond donors (Lipinski definition) is 3. The van der Waals surface area contributed by atoms with Crippen LogP contribution in [0.4, 0.5) is 4.39 Å². The van der Waals surface area contributed by atoms with Gasteiger partial charge in [-0.1, -0.05) is 56.1 Å². The number of amides is 1. The predicted octanol–water partition coefficient (Wildman–Crippen LogP) is 5.44. The molecule has 0 fully saturated rings. The summed E-state index contributed by atoms with van der Waals surface area (Å²) < 4.78 is 20.7. The largest absolute Gasteiger partial charge is 0.481 e. The number of ether oxygens (including phenoxy) is 1. The van der Waals surface area contributed by atoms with Crippen LogP contribution in [0.1, 0.15) is 56.2 Å². The number of nitrogens with one attached hydrogen (secondary N) is 1. The molecule has 0 aliphatic rings. The second-order valence-corrected chi connectivity index (χ2v) is 10.6. The van der Waals surface area contributed by atoms with Gasteiger partial charge >= 0.3 is 5.97 Å². The standard InChI is InChI=1S/C26H28Cl2FN3O5/c1-25(2,3)26(4,36)14-37-21-12-20(31-32(21)16-10-8-15(29)9-11-16)24(35)30-19(13-22(33)34)17-6-5-7-18(27)23(17)28/h5-12,19,36H,13-14H2,1-4H3,(H,30,35)(H,33,34)/t19-,26+/m0/s1. The Morgan fingerprint density at radius 2 is 1.78 bits per heavy atom. The van der Waals surface area contributed by atoms with Crippen LogP contribution in [-0.4, -0.2) is 44.1 Å². The van der Waals surface area contributed by atoms with Gasteiger partial charge in [0.25, 0.3) is 5.91 Å². The number of carbonyl (C=O) groups is 2. The number of aliphatic carboxylic acids is 1. The quantitative estimate of drug-likeness (QED) is 0.326. The molecule has 11 heteroatoms. The van der Waals surface area contributed by atoms with Gasteiger partial charge in [-0.25, -0.2) is 9.07 Å². The summed E-state index contributed by atoms with van der Waals surface area (Å²) in [5.74, 6) is -2.19. The van der Waals surface area contributed by atoms with E-state index in [1.54, 1.807) is 25.1 Å². The fraction of sp³-hybridized carbons (Fsp3) is 0.346. The smallest absolute Gasteiger partial charge is 0.305 e. The number of carboxylic acids is 1. The molecule has 198 valence electrons. The molecule has 0 spiro atoms. The highest BCUT2D eigenvalue weighted by atomic mass is 35.5. The molecule has 0 saturated heterocycles. The summed E-state index contributed by atoms with van der Waals surface area (Å²) in [7, 11) is 0. The summed E-state index contributed by atoms with van der Waals surface area (Å²) in [5.41, 5.74) is -1.10.